The van der Waals surface area contributed by atoms with Gasteiger partial charge in [-0.2, -0.15) is 8.42 Å². The number of hydrogen-bond acceptors (Lipinski definition) is 4. The quantitative estimate of drug-likeness (QED) is 0.557. The van der Waals surface area contributed by atoms with Crippen molar-refractivity contribution in [2.24, 2.45) is 0 Å². The zero-order valence-corrected chi connectivity index (χ0v) is 15.4. The van der Waals surface area contributed by atoms with Crippen molar-refractivity contribution in [2.75, 3.05) is 13.7 Å². The van der Waals surface area contributed by atoms with E-state index in [4.69, 9.17) is 8.92 Å². The molecule has 0 aromatic rings. The third-order valence-corrected chi connectivity index (χ3v) is 4.51. The van der Waals surface area contributed by atoms with Crippen molar-refractivity contribution in [3.8, 4) is 11.1 Å². The zero-order chi connectivity index (χ0) is 14.6. The molecule has 1 unspecified atom stereocenters. The number of ether oxygens (including phenoxy) is 1. The maximum Gasteiger partial charge on any atom is 1.00 e. The number of methoxy groups -OCH3 is 1. The summed E-state index contributed by atoms with van der Waals surface area (Å²) in [6.07, 6.45) is 0.104. The van der Waals surface area contributed by atoms with Crippen molar-refractivity contribution >= 4 is 10.1 Å². The van der Waals surface area contributed by atoms with Crippen molar-refractivity contribution in [2.45, 2.75) is 24.3 Å². The maximum absolute atomic E-state index is 12.4. The van der Waals surface area contributed by atoms with Crippen molar-refractivity contribution in [3.63, 3.8) is 0 Å². The summed E-state index contributed by atoms with van der Waals surface area (Å²) in [4.78, 5) is 0.207. The Labute approximate surface area is 149 Å². The van der Waals surface area contributed by atoms with E-state index in [1.807, 2.05) is 31.2 Å². The number of fused-ring (bicyclic) bond motifs is 1. The van der Waals surface area contributed by atoms with E-state index in [0.29, 0.717) is 12.0 Å². The fraction of sp³-hybridized carbons (Fsp3) is 0.333. The van der Waals surface area contributed by atoms with Gasteiger partial charge in [-0.05, 0) is 18.1 Å². The van der Waals surface area contributed by atoms with Crippen molar-refractivity contribution < 1.29 is 48.3 Å². The van der Waals surface area contributed by atoms with Gasteiger partial charge in [0, 0.05) is 12.7 Å². The summed E-state index contributed by atoms with van der Waals surface area (Å²) in [6, 6.07) is 12.6. The zero-order valence-electron chi connectivity index (χ0n) is 13.6. The molecule has 0 aliphatic heterocycles. The van der Waals surface area contributed by atoms with E-state index in [-0.39, 0.29) is 42.5 Å². The van der Waals surface area contributed by atoms with Crippen LogP contribution in [0.4, 0.5) is 0 Å². The van der Waals surface area contributed by atoms with E-state index in [2.05, 4.69) is 0 Å². The third kappa shape index (κ3) is 4.52. The van der Waals surface area contributed by atoms with E-state index in [9.17, 15) is 8.42 Å². The van der Waals surface area contributed by atoms with Crippen LogP contribution in [0.25, 0.3) is 11.1 Å². The molecule has 110 valence electrons. The molecule has 21 heavy (non-hydrogen) atoms. The van der Waals surface area contributed by atoms with Crippen LogP contribution < -0.4 is 29.6 Å². The van der Waals surface area contributed by atoms with Gasteiger partial charge < -0.3 is 6.16 Å². The van der Waals surface area contributed by atoms with E-state index in [0.717, 1.165) is 5.56 Å². The van der Waals surface area contributed by atoms with Gasteiger partial charge in [-0.15, -0.1) is 0 Å². The molecule has 1 atom stereocenters. The molecule has 0 amide bonds. The summed E-state index contributed by atoms with van der Waals surface area (Å²) in [6.45, 7) is 2.12. The van der Waals surface area contributed by atoms with Crippen LogP contribution in [0, 0.1) is 0 Å². The second-order valence-corrected chi connectivity index (χ2v) is 6.05. The second-order valence-electron chi connectivity index (χ2n) is 4.51. The van der Waals surface area contributed by atoms with Gasteiger partial charge in [0.05, 0.1) is 6.61 Å². The second kappa shape index (κ2) is 8.27. The molecule has 0 bridgehead atoms. The first-order valence-corrected chi connectivity index (χ1v) is 7.89. The van der Waals surface area contributed by atoms with Crippen LogP contribution in [0.1, 0.15) is 14.8 Å². The Morgan fingerprint density at radius 1 is 1.14 bits per heavy atom. The summed E-state index contributed by atoms with van der Waals surface area (Å²) >= 11 is 0. The minimum absolute atomic E-state index is 0. The number of rotatable bonds is 6. The summed E-state index contributed by atoms with van der Waals surface area (Å²) < 4.78 is 35.0. The first-order valence-electron chi connectivity index (χ1n) is 6.48. The van der Waals surface area contributed by atoms with Gasteiger partial charge in [-0.3, -0.25) is 4.18 Å². The monoisotopic (exact) mass is 318 g/mol. The SMILES string of the molecule is CCC(COC)OS(=O)(=O)c1ccc2cccccc1-2.[H-].[Na+]. The Morgan fingerprint density at radius 2 is 1.86 bits per heavy atom. The van der Waals surface area contributed by atoms with Gasteiger partial charge in [0.1, 0.15) is 11.0 Å². The Hall–Kier alpha value is -0.430. The minimum atomic E-state index is -3.79. The molecule has 0 saturated carbocycles. The molecule has 2 rings (SSSR count). The van der Waals surface area contributed by atoms with Gasteiger partial charge in [-0.25, -0.2) is 0 Å². The molecule has 4 nitrogen and oxygen atoms in total. The van der Waals surface area contributed by atoms with Gasteiger partial charge in [0.15, 0.2) is 0 Å². The number of hydrogen-bond donors (Lipinski definition) is 0. The maximum atomic E-state index is 12.4. The summed E-state index contributed by atoms with van der Waals surface area (Å²) in [5.41, 5.74) is 1.54. The molecule has 0 aromatic heterocycles. The topological polar surface area (TPSA) is 52.6 Å². The smallest absolute Gasteiger partial charge is 1.00 e. The Morgan fingerprint density at radius 3 is 2.52 bits per heavy atom. The van der Waals surface area contributed by atoms with Crippen molar-refractivity contribution in [1.29, 1.82) is 0 Å². The van der Waals surface area contributed by atoms with E-state index in [1.54, 1.807) is 18.2 Å². The molecule has 2 aliphatic carbocycles. The fourth-order valence-electron chi connectivity index (χ4n) is 2.03. The molecule has 2 aliphatic rings. The van der Waals surface area contributed by atoms with Gasteiger partial charge in [-0.1, -0.05) is 43.3 Å². The molecule has 0 aromatic carbocycles. The molecule has 0 fully saturated rings. The average molecular weight is 318 g/mol. The van der Waals surface area contributed by atoms with E-state index in [1.165, 1.54) is 7.11 Å². The molecular formula is C15H19NaO4S. The van der Waals surface area contributed by atoms with Crippen LogP contribution in [0.5, 0.6) is 0 Å². The van der Waals surface area contributed by atoms with Gasteiger partial charge >= 0.3 is 29.6 Å². The summed E-state index contributed by atoms with van der Waals surface area (Å²) in [5, 5.41) is 0. The van der Waals surface area contributed by atoms with Crippen LogP contribution in [0.15, 0.2) is 47.4 Å². The Balaban J connectivity index is 0.00000220. The van der Waals surface area contributed by atoms with Crippen LogP contribution >= 0.6 is 0 Å². The Bertz CT molecular complexity index is 648. The van der Waals surface area contributed by atoms with Gasteiger partial charge in [0.2, 0.25) is 0 Å². The van der Waals surface area contributed by atoms with Crippen molar-refractivity contribution in [1.82, 2.24) is 0 Å². The van der Waals surface area contributed by atoms with Crippen LogP contribution in [-0.2, 0) is 19.0 Å². The van der Waals surface area contributed by atoms with E-state index < -0.39 is 16.2 Å². The first-order chi connectivity index (χ1) is 9.58. The summed E-state index contributed by atoms with van der Waals surface area (Å²) in [7, 11) is -2.26. The molecule has 0 N–H and O–H groups in total. The molecule has 0 saturated heterocycles. The Kier molecular flexibility index (Phi) is 7.33. The predicted octanol–water partition coefficient (Wildman–Crippen LogP) is 0.0382. The van der Waals surface area contributed by atoms with Crippen LogP contribution in [0.2, 0.25) is 0 Å². The third-order valence-electron chi connectivity index (χ3n) is 3.09. The van der Waals surface area contributed by atoms with Crippen LogP contribution in [0.3, 0.4) is 0 Å². The van der Waals surface area contributed by atoms with Gasteiger partial charge in [0.25, 0.3) is 10.1 Å². The van der Waals surface area contributed by atoms with Crippen LogP contribution in [-0.4, -0.2) is 28.2 Å². The largest absolute Gasteiger partial charge is 1.00 e. The fourth-order valence-corrected chi connectivity index (χ4v) is 3.38. The molecular weight excluding hydrogens is 299 g/mol. The molecule has 0 spiro atoms. The molecule has 0 radical (unpaired) electrons. The van der Waals surface area contributed by atoms with Crippen molar-refractivity contribution in [3.05, 3.63) is 42.5 Å². The molecule has 0 heterocycles. The average Bonchev–Trinajstić information content (AvgIpc) is 2.69. The molecule has 6 heteroatoms. The first kappa shape index (κ1) is 18.6. The van der Waals surface area contributed by atoms with E-state index >= 15 is 0 Å². The summed E-state index contributed by atoms with van der Waals surface area (Å²) in [5.74, 6) is 0. The minimum Gasteiger partial charge on any atom is -1.00 e. The normalized spacial score (nSPS) is 12.9. The standard InChI is InChI=1S/C15H18O4S.Na.H/c1-3-13(11-18-2)19-20(16,17)15-10-9-12-7-5-4-6-8-14(12)15;;/h4-10,13H,3,11H2,1-2H3;;/q;+1;-1. The predicted molar refractivity (Wildman–Crippen MR) is 78.4 cm³/mol.